The Bertz CT molecular complexity index is 1690. The largest absolute Gasteiger partial charge is 0.494 e. The molecule has 0 spiro atoms. The number of aryl methyl sites for hydroxylation is 1. The molecule has 36 heavy (non-hydrogen) atoms. The van der Waals surface area contributed by atoms with Gasteiger partial charge in [-0.2, -0.15) is 10.4 Å². The van der Waals surface area contributed by atoms with Gasteiger partial charge in [0.1, 0.15) is 17.5 Å². The van der Waals surface area contributed by atoms with Crippen LogP contribution in [-0.2, 0) is 0 Å². The minimum Gasteiger partial charge on any atom is -0.494 e. The highest BCUT2D eigenvalue weighted by Crippen LogP contribution is 2.31. The maximum absolute atomic E-state index is 12.6. The number of ether oxygens (including phenoxy) is 1. The lowest BCUT2D eigenvalue weighted by Crippen LogP contribution is -2.11. The number of allylic oxidation sites excluding steroid dienone is 1. The highest BCUT2D eigenvalue weighted by atomic mass is 16.5. The Morgan fingerprint density at radius 1 is 1.11 bits per heavy atom. The Balaban J connectivity index is 1.68. The monoisotopic (exact) mass is 473 g/mol. The van der Waals surface area contributed by atoms with Crippen molar-refractivity contribution in [3.63, 3.8) is 0 Å². The molecule has 7 heteroatoms. The summed E-state index contributed by atoms with van der Waals surface area (Å²) < 4.78 is 7.43. The molecule has 2 heterocycles. The summed E-state index contributed by atoms with van der Waals surface area (Å²) in [5.41, 5.74) is 4.68. The van der Waals surface area contributed by atoms with Crippen LogP contribution in [0.25, 0.3) is 39.5 Å². The smallest absolute Gasteiger partial charge is 0.259 e. The topological polar surface area (TPSA) is 96.6 Å². The first-order valence-corrected chi connectivity index (χ1v) is 11.6. The number of benzene rings is 3. The number of nitrogens with one attached hydrogen (secondary N) is 1. The van der Waals surface area contributed by atoms with Crippen molar-refractivity contribution in [2.75, 3.05) is 6.61 Å². The fraction of sp³-hybridized carbons (Fsp3) is 0.103. The van der Waals surface area contributed by atoms with Crippen molar-refractivity contribution in [1.82, 2.24) is 19.7 Å². The molecule has 1 N–H and O–H groups in total. The van der Waals surface area contributed by atoms with Crippen LogP contribution in [0.15, 0.2) is 83.8 Å². The van der Waals surface area contributed by atoms with Crippen molar-refractivity contribution in [1.29, 1.82) is 5.26 Å². The summed E-state index contributed by atoms with van der Waals surface area (Å²) in [6.07, 6.45) is 3.59. The number of aromatic nitrogens is 4. The lowest BCUT2D eigenvalue weighted by molar-refractivity contribution is 0.340. The number of para-hydroxylation sites is 2. The second-order valence-corrected chi connectivity index (χ2v) is 8.22. The number of nitriles is 1. The van der Waals surface area contributed by atoms with E-state index in [2.05, 4.69) is 16.0 Å². The van der Waals surface area contributed by atoms with Gasteiger partial charge in [0.2, 0.25) is 0 Å². The molecular weight excluding hydrogens is 450 g/mol. The van der Waals surface area contributed by atoms with Crippen molar-refractivity contribution in [2.24, 2.45) is 0 Å². The van der Waals surface area contributed by atoms with E-state index in [-0.39, 0.29) is 17.0 Å². The maximum atomic E-state index is 12.6. The maximum Gasteiger partial charge on any atom is 0.259 e. The summed E-state index contributed by atoms with van der Waals surface area (Å²) in [6.45, 7) is 4.53. The minimum atomic E-state index is -0.292. The second-order valence-electron chi connectivity index (χ2n) is 8.22. The zero-order chi connectivity index (χ0) is 25.1. The summed E-state index contributed by atoms with van der Waals surface area (Å²) in [4.78, 5) is 19.9. The Hall–Kier alpha value is -4.96. The van der Waals surface area contributed by atoms with E-state index < -0.39 is 0 Å². The van der Waals surface area contributed by atoms with Crippen LogP contribution in [0, 0.1) is 18.3 Å². The highest BCUT2D eigenvalue weighted by Gasteiger charge is 2.16. The zero-order valence-corrected chi connectivity index (χ0v) is 19.9. The van der Waals surface area contributed by atoms with Gasteiger partial charge in [0.05, 0.1) is 28.8 Å². The van der Waals surface area contributed by atoms with Crippen LogP contribution in [0.4, 0.5) is 0 Å². The van der Waals surface area contributed by atoms with Gasteiger partial charge in [-0.15, -0.1) is 0 Å². The van der Waals surface area contributed by atoms with Gasteiger partial charge in [-0.3, -0.25) is 4.79 Å². The normalized spacial score (nSPS) is 11.4. The van der Waals surface area contributed by atoms with E-state index in [0.717, 1.165) is 28.1 Å². The van der Waals surface area contributed by atoms with E-state index in [0.29, 0.717) is 23.2 Å². The first kappa shape index (κ1) is 22.8. The number of hydrogen-bond acceptors (Lipinski definition) is 5. The van der Waals surface area contributed by atoms with Gasteiger partial charge in [0.15, 0.2) is 5.82 Å². The predicted octanol–water partition coefficient (Wildman–Crippen LogP) is 5.55. The average molecular weight is 474 g/mol. The molecule has 0 radical (unpaired) electrons. The molecule has 176 valence electrons. The Morgan fingerprint density at radius 3 is 2.64 bits per heavy atom. The first-order valence-electron chi connectivity index (χ1n) is 11.6. The molecule has 0 atom stereocenters. The SMILES string of the molecule is CCOc1ccc(-c2nn(-c3ccccc3)cc2C=C(C#N)c2nc3ccccc3c(=O)[nH]2)c(C)c1. The molecule has 5 aromatic rings. The third kappa shape index (κ3) is 4.40. The molecule has 0 amide bonds. The van der Waals surface area contributed by atoms with Gasteiger partial charge >= 0.3 is 0 Å². The molecule has 2 aromatic heterocycles. The van der Waals surface area contributed by atoms with Gasteiger partial charge < -0.3 is 9.72 Å². The summed E-state index contributed by atoms with van der Waals surface area (Å²) in [5, 5.41) is 15.4. The number of nitrogens with zero attached hydrogens (tertiary/aromatic N) is 4. The van der Waals surface area contributed by atoms with Crippen molar-refractivity contribution in [3.05, 3.63) is 106 Å². The summed E-state index contributed by atoms with van der Waals surface area (Å²) in [7, 11) is 0. The van der Waals surface area contributed by atoms with Crippen LogP contribution in [0.1, 0.15) is 23.9 Å². The third-order valence-corrected chi connectivity index (χ3v) is 5.82. The number of H-pyrrole nitrogens is 1. The molecule has 5 rings (SSSR count). The standard InChI is InChI=1S/C29H23N5O2/c1-3-36-23-13-14-24(19(2)15-23)27-21(18-34(33-27)22-9-5-4-6-10-22)16-20(17-30)28-31-26-12-8-7-11-25(26)29(35)32-28/h4-16,18H,3H2,1-2H3,(H,31,32,35). The Labute approximate surface area is 207 Å². The Kier molecular flexibility index (Phi) is 6.16. The summed E-state index contributed by atoms with van der Waals surface area (Å²) in [5.74, 6) is 0.997. The van der Waals surface area contributed by atoms with Crippen LogP contribution >= 0.6 is 0 Å². The van der Waals surface area contributed by atoms with Crippen molar-refractivity contribution < 1.29 is 4.74 Å². The van der Waals surface area contributed by atoms with E-state index in [9.17, 15) is 10.1 Å². The lowest BCUT2D eigenvalue weighted by atomic mass is 10.0. The van der Waals surface area contributed by atoms with Crippen molar-refractivity contribution in [3.8, 4) is 28.8 Å². The molecule has 0 aliphatic carbocycles. The van der Waals surface area contributed by atoms with E-state index in [1.807, 2.05) is 74.6 Å². The van der Waals surface area contributed by atoms with E-state index in [4.69, 9.17) is 9.84 Å². The second kappa shape index (κ2) is 9.72. The fourth-order valence-electron chi connectivity index (χ4n) is 4.10. The zero-order valence-electron chi connectivity index (χ0n) is 19.9. The number of rotatable bonds is 6. The molecule has 0 unspecified atom stereocenters. The summed E-state index contributed by atoms with van der Waals surface area (Å²) in [6, 6.07) is 24.9. The van der Waals surface area contributed by atoms with Crippen LogP contribution in [0.2, 0.25) is 0 Å². The minimum absolute atomic E-state index is 0.211. The predicted molar refractivity (Wildman–Crippen MR) is 141 cm³/mol. The molecule has 0 saturated carbocycles. The van der Waals surface area contributed by atoms with Gasteiger partial charge in [0, 0.05) is 17.3 Å². The highest BCUT2D eigenvalue weighted by molar-refractivity contribution is 5.92. The first-order chi connectivity index (χ1) is 17.6. The van der Waals surface area contributed by atoms with E-state index >= 15 is 0 Å². The van der Waals surface area contributed by atoms with Crippen molar-refractivity contribution in [2.45, 2.75) is 13.8 Å². The number of fused-ring (bicyclic) bond motifs is 1. The van der Waals surface area contributed by atoms with Gasteiger partial charge in [-0.05, 0) is 68.0 Å². The van der Waals surface area contributed by atoms with E-state index in [1.54, 1.807) is 29.0 Å². The summed E-state index contributed by atoms with van der Waals surface area (Å²) >= 11 is 0. The van der Waals surface area contributed by atoms with Crippen LogP contribution in [0.5, 0.6) is 5.75 Å². The molecule has 3 aromatic carbocycles. The fourth-order valence-corrected chi connectivity index (χ4v) is 4.10. The van der Waals surface area contributed by atoms with E-state index in [1.165, 1.54) is 0 Å². The quantitative estimate of drug-likeness (QED) is 0.326. The van der Waals surface area contributed by atoms with Crippen LogP contribution < -0.4 is 10.3 Å². The van der Waals surface area contributed by atoms with Crippen LogP contribution in [-0.4, -0.2) is 26.4 Å². The molecule has 7 nitrogen and oxygen atoms in total. The van der Waals surface area contributed by atoms with Gasteiger partial charge in [-0.1, -0.05) is 30.3 Å². The molecule has 0 aliphatic heterocycles. The van der Waals surface area contributed by atoms with Gasteiger partial charge in [-0.25, -0.2) is 9.67 Å². The number of hydrogen-bond donors (Lipinski definition) is 1. The van der Waals surface area contributed by atoms with Crippen LogP contribution in [0.3, 0.4) is 0 Å². The third-order valence-electron chi connectivity index (χ3n) is 5.82. The molecule has 0 saturated heterocycles. The lowest BCUT2D eigenvalue weighted by Gasteiger charge is -2.08. The Morgan fingerprint density at radius 2 is 1.89 bits per heavy atom. The molecule has 0 fully saturated rings. The number of aromatic amines is 1. The molecule has 0 bridgehead atoms. The molecular formula is C29H23N5O2. The average Bonchev–Trinajstić information content (AvgIpc) is 3.31. The molecule has 0 aliphatic rings. The van der Waals surface area contributed by atoms with Crippen molar-refractivity contribution >= 4 is 22.6 Å². The van der Waals surface area contributed by atoms with Gasteiger partial charge in [0.25, 0.3) is 5.56 Å².